The van der Waals surface area contributed by atoms with Gasteiger partial charge in [-0.05, 0) is 50.5 Å². The second kappa shape index (κ2) is 4.36. The van der Waals surface area contributed by atoms with Crippen LogP contribution in [0.2, 0.25) is 0 Å². The smallest absolute Gasteiger partial charge is 0.310 e. The fourth-order valence-electron chi connectivity index (χ4n) is 3.74. The maximum atomic E-state index is 11.7. The monoisotopic (exact) mass is 262 g/mol. The van der Waals surface area contributed by atoms with Gasteiger partial charge < -0.3 is 5.11 Å². The van der Waals surface area contributed by atoms with Crippen LogP contribution in [0.5, 0.6) is 0 Å². The number of carboxylic acid groups (broad SMARTS) is 1. The topological polar surface area (TPSA) is 55.1 Å². The Morgan fingerprint density at radius 3 is 2.68 bits per heavy atom. The fraction of sp³-hybridized carbons (Fsp3) is 0.733. The molecule has 4 heteroatoms. The van der Waals surface area contributed by atoms with Crippen molar-refractivity contribution in [2.24, 2.45) is 17.3 Å². The fourth-order valence-corrected chi connectivity index (χ4v) is 3.74. The van der Waals surface area contributed by atoms with Gasteiger partial charge in [-0.25, -0.2) is 0 Å². The first kappa shape index (κ1) is 12.7. The molecule has 2 fully saturated rings. The number of hydrogen-bond donors (Lipinski definition) is 1. The summed E-state index contributed by atoms with van der Waals surface area (Å²) in [5, 5.41) is 14.2. The number of aliphatic carboxylic acids is 1. The van der Waals surface area contributed by atoms with Crippen molar-refractivity contribution in [3.63, 3.8) is 0 Å². The molecule has 0 radical (unpaired) electrons. The van der Waals surface area contributed by atoms with Crippen LogP contribution in [0.4, 0.5) is 0 Å². The highest BCUT2D eigenvalue weighted by molar-refractivity contribution is 5.76. The highest BCUT2D eigenvalue weighted by Crippen LogP contribution is 2.60. The second-order valence-corrected chi connectivity index (χ2v) is 6.22. The Morgan fingerprint density at radius 2 is 2.16 bits per heavy atom. The number of nitrogens with zero attached hydrogens (tertiary/aromatic N) is 2. The van der Waals surface area contributed by atoms with E-state index in [2.05, 4.69) is 25.0 Å². The van der Waals surface area contributed by atoms with Gasteiger partial charge in [-0.15, -0.1) is 0 Å². The summed E-state index contributed by atoms with van der Waals surface area (Å²) in [5.41, 5.74) is 1.65. The van der Waals surface area contributed by atoms with E-state index in [1.54, 1.807) is 0 Å². The number of fused-ring (bicyclic) bond motifs is 1. The molecule has 2 aliphatic rings. The Labute approximate surface area is 113 Å². The van der Waals surface area contributed by atoms with Gasteiger partial charge in [-0.2, -0.15) is 5.10 Å². The van der Waals surface area contributed by atoms with Gasteiger partial charge in [0.1, 0.15) is 0 Å². The van der Waals surface area contributed by atoms with Crippen molar-refractivity contribution in [3.8, 4) is 0 Å². The molecule has 3 rings (SSSR count). The van der Waals surface area contributed by atoms with Gasteiger partial charge in [0, 0.05) is 18.7 Å². The van der Waals surface area contributed by atoms with E-state index in [-0.39, 0.29) is 0 Å². The quantitative estimate of drug-likeness (QED) is 0.887. The van der Waals surface area contributed by atoms with Gasteiger partial charge in [0.25, 0.3) is 0 Å². The van der Waals surface area contributed by atoms with Crippen molar-refractivity contribution in [2.45, 2.75) is 52.5 Å². The van der Waals surface area contributed by atoms with Crippen LogP contribution in [0.1, 0.15) is 44.5 Å². The van der Waals surface area contributed by atoms with E-state index >= 15 is 0 Å². The zero-order valence-corrected chi connectivity index (χ0v) is 11.7. The van der Waals surface area contributed by atoms with Crippen molar-refractivity contribution in [3.05, 3.63) is 17.5 Å². The average Bonchev–Trinajstić information content (AvgIpc) is 2.86. The minimum atomic E-state index is -0.610. The molecule has 0 bridgehead atoms. The van der Waals surface area contributed by atoms with Crippen molar-refractivity contribution < 1.29 is 9.90 Å². The summed E-state index contributed by atoms with van der Waals surface area (Å²) in [5.74, 6) is 0.751. The molecule has 0 aliphatic heterocycles. The van der Waals surface area contributed by atoms with Crippen molar-refractivity contribution in [2.75, 3.05) is 0 Å². The lowest BCUT2D eigenvalue weighted by Crippen LogP contribution is -2.32. The van der Waals surface area contributed by atoms with Crippen LogP contribution in [0.25, 0.3) is 0 Å². The van der Waals surface area contributed by atoms with Gasteiger partial charge in [-0.3, -0.25) is 9.48 Å². The predicted molar refractivity (Wildman–Crippen MR) is 71.9 cm³/mol. The number of carbonyl (C=O) groups is 1. The molecule has 1 aromatic heterocycles. The van der Waals surface area contributed by atoms with E-state index in [1.165, 1.54) is 6.42 Å². The van der Waals surface area contributed by atoms with E-state index in [9.17, 15) is 9.90 Å². The molecule has 1 N–H and O–H groups in total. The van der Waals surface area contributed by atoms with Crippen LogP contribution in [-0.2, 0) is 24.2 Å². The molecule has 0 aromatic carbocycles. The normalized spacial score (nSPS) is 32.3. The molecule has 2 saturated carbocycles. The zero-order chi connectivity index (χ0) is 13.6. The molecule has 104 valence electrons. The van der Waals surface area contributed by atoms with Crippen LogP contribution in [0.15, 0.2) is 6.07 Å². The lowest BCUT2D eigenvalue weighted by molar-refractivity contribution is -0.149. The largest absolute Gasteiger partial charge is 0.481 e. The molecule has 2 atom stereocenters. The number of carboxylic acids is 1. The lowest BCUT2D eigenvalue weighted by Gasteiger charge is -2.26. The standard InChI is InChI=1S/C15H22N2O2/c1-3-12-6-13(17(4-2)16-12)9-15(14(18)19)7-10-5-11(10)8-15/h6,10-11H,3-5,7-9H2,1-2H3,(H,18,19). The Morgan fingerprint density at radius 1 is 1.47 bits per heavy atom. The van der Waals surface area contributed by atoms with E-state index in [0.29, 0.717) is 18.3 Å². The highest BCUT2D eigenvalue weighted by atomic mass is 16.4. The van der Waals surface area contributed by atoms with Gasteiger partial charge in [0.05, 0.1) is 11.1 Å². The summed E-state index contributed by atoms with van der Waals surface area (Å²) in [6.07, 6.45) is 4.54. The Kier molecular flexibility index (Phi) is 2.91. The molecule has 0 saturated heterocycles. The van der Waals surface area contributed by atoms with Crippen LogP contribution >= 0.6 is 0 Å². The first-order valence-electron chi connectivity index (χ1n) is 7.37. The van der Waals surface area contributed by atoms with Gasteiger partial charge in [0.2, 0.25) is 0 Å². The minimum absolute atomic E-state index is 0.522. The van der Waals surface area contributed by atoms with Crippen LogP contribution < -0.4 is 0 Å². The Hall–Kier alpha value is -1.32. The average molecular weight is 262 g/mol. The number of hydrogen-bond acceptors (Lipinski definition) is 2. The summed E-state index contributed by atoms with van der Waals surface area (Å²) >= 11 is 0. The molecular formula is C15H22N2O2. The maximum Gasteiger partial charge on any atom is 0.310 e. The summed E-state index contributed by atoms with van der Waals surface area (Å²) in [4.78, 5) is 11.7. The highest BCUT2D eigenvalue weighted by Gasteiger charge is 2.57. The van der Waals surface area contributed by atoms with E-state index < -0.39 is 11.4 Å². The van der Waals surface area contributed by atoms with E-state index in [4.69, 9.17) is 0 Å². The SMILES string of the molecule is CCc1cc(CC2(C(=O)O)CC3CC3C2)n(CC)n1. The second-order valence-electron chi connectivity index (χ2n) is 6.22. The number of rotatable bonds is 5. The first-order valence-corrected chi connectivity index (χ1v) is 7.37. The molecular weight excluding hydrogens is 240 g/mol. The minimum Gasteiger partial charge on any atom is -0.481 e. The number of aromatic nitrogens is 2. The molecule has 4 nitrogen and oxygen atoms in total. The molecule has 0 spiro atoms. The lowest BCUT2D eigenvalue weighted by atomic mass is 9.78. The van der Waals surface area contributed by atoms with Crippen LogP contribution in [0, 0.1) is 17.3 Å². The van der Waals surface area contributed by atoms with Gasteiger partial charge >= 0.3 is 5.97 Å². The Bertz CT molecular complexity index is 496. The van der Waals surface area contributed by atoms with Gasteiger partial charge in [0.15, 0.2) is 0 Å². The summed E-state index contributed by atoms with van der Waals surface area (Å²) in [6.45, 7) is 4.97. The van der Waals surface area contributed by atoms with Crippen LogP contribution in [0.3, 0.4) is 0 Å². The molecule has 1 aromatic rings. The third kappa shape index (κ3) is 2.07. The molecule has 19 heavy (non-hydrogen) atoms. The molecule has 0 amide bonds. The molecule has 1 heterocycles. The third-order valence-corrected chi connectivity index (χ3v) is 4.92. The number of aryl methyl sites for hydroxylation is 2. The van der Waals surface area contributed by atoms with E-state index in [1.807, 2.05) is 4.68 Å². The molecule has 2 unspecified atom stereocenters. The van der Waals surface area contributed by atoms with Crippen molar-refractivity contribution in [1.29, 1.82) is 0 Å². The van der Waals surface area contributed by atoms with E-state index in [0.717, 1.165) is 37.2 Å². The third-order valence-electron chi connectivity index (χ3n) is 4.92. The van der Waals surface area contributed by atoms with Gasteiger partial charge in [-0.1, -0.05) is 6.92 Å². The predicted octanol–water partition coefficient (Wildman–Crippen LogP) is 2.51. The van der Waals surface area contributed by atoms with Crippen molar-refractivity contribution >= 4 is 5.97 Å². The first-order chi connectivity index (χ1) is 9.08. The summed E-state index contributed by atoms with van der Waals surface area (Å²) in [6, 6.07) is 2.10. The summed E-state index contributed by atoms with van der Waals surface area (Å²) < 4.78 is 1.98. The summed E-state index contributed by atoms with van der Waals surface area (Å²) in [7, 11) is 0. The Balaban J connectivity index is 1.86. The maximum absolute atomic E-state index is 11.7. The zero-order valence-electron chi connectivity index (χ0n) is 11.7. The molecule has 2 aliphatic carbocycles. The van der Waals surface area contributed by atoms with Crippen LogP contribution in [-0.4, -0.2) is 20.9 Å². The van der Waals surface area contributed by atoms with Crippen molar-refractivity contribution in [1.82, 2.24) is 9.78 Å².